The van der Waals surface area contributed by atoms with E-state index in [1.165, 1.54) is 31.4 Å². The lowest BCUT2D eigenvalue weighted by Gasteiger charge is -2.30. The highest BCUT2D eigenvalue weighted by molar-refractivity contribution is 7.92. The third kappa shape index (κ3) is 5.11. The van der Waals surface area contributed by atoms with Gasteiger partial charge in [0, 0.05) is 5.69 Å². The molecular formula is C20H23FN2O5S. The predicted octanol–water partition coefficient (Wildman–Crippen LogP) is 3.10. The third-order valence-electron chi connectivity index (χ3n) is 4.34. The van der Waals surface area contributed by atoms with Crippen LogP contribution in [0.5, 0.6) is 0 Å². The fourth-order valence-corrected chi connectivity index (χ4v) is 4.10. The van der Waals surface area contributed by atoms with Gasteiger partial charge in [-0.2, -0.15) is 0 Å². The van der Waals surface area contributed by atoms with Gasteiger partial charge in [0.25, 0.3) is 0 Å². The van der Waals surface area contributed by atoms with Gasteiger partial charge < -0.3 is 10.1 Å². The van der Waals surface area contributed by atoms with E-state index in [0.29, 0.717) is 11.3 Å². The standard InChI is InChI=1S/C20H23FN2O5S/c1-5-17(23(29(4,26)27)18-9-7-6-8-15(18)21)19(24)22-16-12-14(20(25)28-3)11-10-13(16)2/h6-12,17H,5H2,1-4H3,(H,22,24)/t17-/m1/s1. The molecule has 0 aromatic heterocycles. The van der Waals surface area contributed by atoms with Crippen LogP contribution < -0.4 is 9.62 Å². The van der Waals surface area contributed by atoms with Gasteiger partial charge >= 0.3 is 5.97 Å². The Hall–Kier alpha value is -2.94. The number of para-hydroxylation sites is 1. The van der Waals surface area contributed by atoms with Gasteiger partial charge in [0.1, 0.15) is 11.9 Å². The second-order valence-corrected chi connectivity index (χ2v) is 8.30. The van der Waals surface area contributed by atoms with Crippen molar-refractivity contribution in [3.63, 3.8) is 0 Å². The number of halogens is 1. The van der Waals surface area contributed by atoms with Crippen molar-refractivity contribution in [3.8, 4) is 0 Å². The number of methoxy groups -OCH3 is 1. The van der Waals surface area contributed by atoms with Gasteiger partial charge in [0.2, 0.25) is 15.9 Å². The summed E-state index contributed by atoms with van der Waals surface area (Å²) in [5.41, 5.74) is 1.02. The highest BCUT2D eigenvalue weighted by Crippen LogP contribution is 2.26. The largest absolute Gasteiger partial charge is 0.465 e. The molecule has 1 atom stereocenters. The molecule has 0 saturated carbocycles. The summed E-state index contributed by atoms with van der Waals surface area (Å²) < 4.78 is 44.6. The van der Waals surface area contributed by atoms with Crippen molar-refractivity contribution in [1.82, 2.24) is 0 Å². The van der Waals surface area contributed by atoms with Crippen LogP contribution in [0.1, 0.15) is 29.3 Å². The normalized spacial score (nSPS) is 12.2. The Balaban J connectivity index is 2.43. The number of hydrogen-bond acceptors (Lipinski definition) is 5. The summed E-state index contributed by atoms with van der Waals surface area (Å²) in [6.45, 7) is 3.35. The number of anilines is 2. The van der Waals surface area contributed by atoms with Gasteiger partial charge in [-0.1, -0.05) is 25.1 Å². The summed E-state index contributed by atoms with van der Waals surface area (Å²) in [7, 11) is -2.72. The minimum absolute atomic E-state index is 0.100. The van der Waals surface area contributed by atoms with Crippen molar-refractivity contribution in [2.24, 2.45) is 0 Å². The van der Waals surface area contributed by atoms with Gasteiger partial charge in [0.05, 0.1) is 24.6 Å². The number of ether oxygens (including phenoxy) is 1. The van der Waals surface area contributed by atoms with Crippen LogP contribution in [0.25, 0.3) is 0 Å². The zero-order chi connectivity index (χ0) is 21.8. The van der Waals surface area contributed by atoms with E-state index >= 15 is 0 Å². The Bertz CT molecular complexity index is 1020. The molecule has 0 aliphatic heterocycles. The monoisotopic (exact) mass is 422 g/mol. The van der Waals surface area contributed by atoms with E-state index in [0.717, 1.165) is 16.6 Å². The SMILES string of the molecule is CC[C@H](C(=O)Nc1cc(C(=O)OC)ccc1C)N(c1ccccc1F)S(C)(=O)=O. The molecule has 0 heterocycles. The summed E-state index contributed by atoms with van der Waals surface area (Å²) in [4.78, 5) is 24.7. The van der Waals surface area contributed by atoms with Gasteiger partial charge in [0.15, 0.2) is 0 Å². The molecule has 156 valence electrons. The Morgan fingerprint density at radius 3 is 2.41 bits per heavy atom. The molecule has 0 radical (unpaired) electrons. The van der Waals surface area contributed by atoms with Crippen molar-refractivity contribution in [3.05, 3.63) is 59.4 Å². The van der Waals surface area contributed by atoms with Gasteiger partial charge in [-0.25, -0.2) is 17.6 Å². The topological polar surface area (TPSA) is 92.8 Å². The molecule has 7 nitrogen and oxygen atoms in total. The number of rotatable bonds is 7. The van der Waals surface area contributed by atoms with Crippen molar-refractivity contribution >= 4 is 33.3 Å². The molecule has 0 saturated heterocycles. The smallest absolute Gasteiger partial charge is 0.337 e. The second kappa shape index (κ2) is 9.04. The molecule has 0 bridgehead atoms. The fourth-order valence-electron chi connectivity index (χ4n) is 2.88. The van der Waals surface area contributed by atoms with Crippen LogP contribution in [0, 0.1) is 12.7 Å². The summed E-state index contributed by atoms with van der Waals surface area (Å²) >= 11 is 0. The van der Waals surface area contributed by atoms with E-state index in [2.05, 4.69) is 10.1 Å². The number of amides is 1. The third-order valence-corrected chi connectivity index (χ3v) is 5.50. The summed E-state index contributed by atoms with van der Waals surface area (Å²) in [6.07, 6.45) is 1.02. The molecule has 9 heteroatoms. The molecule has 0 unspecified atom stereocenters. The fraction of sp³-hybridized carbons (Fsp3) is 0.300. The van der Waals surface area contributed by atoms with Gasteiger partial charge in [-0.15, -0.1) is 0 Å². The van der Waals surface area contributed by atoms with Crippen LogP contribution in [-0.4, -0.2) is 39.7 Å². The average molecular weight is 422 g/mol. The number of benzene rings is 2. The molecule has 0 spiro atoms. The zero-order valence-corrected chi connectivity index (χ0v) is 17.4. The number of hydrogen-bond donors (Lipinski definition) is 1. The highest BCUT2D eigenvalue weighted by Gasteiger charge is 2.33. The lowest BCUT2D eigenvalue weighted by molar-refractivity contribution is -0.117. The summed E-state index contributed by atoms with van der Waals surface area (Å²) in [5.74, 6) is -1.98. The Kier molecular flexibility index (Phi) is 6.97. The van der Waals surface area contributed by atoms with E-state index in [-0.39, 0.29) is 17.7 Å². The van der Waals surface area contributed by atoms with E-state index in [4.69, 9.17) is 0 Å². The molecule has 2 aromatic rings. The molecule has 1 N–H and O–H groups in total. The summed E-state index contributed by atoms with van der Waals surface area (Å²) in [6, 6.07) is 8.79. The van der Waals surface area contributed by atoms with E-state index < -0.39 is 33.8 Å². The van der Waals surface area contributed by atoms with Crippen LogP contribution in [0.3, 0.4) is 0 Å². The first-order valence-electron chi connectivity index (χ1n) is 8.83. The Morgan fingerprint density at radius 1 is 1.21 bits per heavy atom. The molecule has 0 aliphatic rings. The van der Waals surface area contributed by atoms with Crippen molar-refractivity contribution in [2.45, 2.75) is 26.3 Å². The minimum atomic E-state index is -3.97. The highest BCUT2D eigenvalue weighted by atomic mass is 32.2. The summed E-state index contributed by atoms with van der Waals surface area (Å²) in [5, 5.41) is 2.65. The number of carbonyl (C=O) groups is 2. The molecule has 29 heavy (non-hydrogen) atoms. The van der Waals surface area contributed by atoms with Crippen LogP contribution in [0.2, 0.25) is 0 Å². The molecule has 0 aliphatic carbocycles. The molecule has 0 fully saturated rings. The first-order valence-corrected chi connectivity index (χ1v) is 10.7. The number of nitrogens with zero attached hydrogens (tertiary/aromatic N) is 1. The number of esters is 1. The molecular weight excluding hydrogens is 399 g/mol. The quantitative estimate of drug-likeness (QED) is 0.692. The van der Waals surface area contributed by atoms with Crippen molar-refractivity contribution in [1.29, 1.82) is 0 Å². The maximum absolute atomic E-state index is 14.3. The van der Waals surface area contributed by atoms with Crippen LogP contribution >= 0.6 is 0 Å². The van der Waals surface area contributed by atoms with Gasteiger partial charge in [-0.3, -0.25) is 9.10 Å². The first-order chi connectivity index (χ1) is 13.6. The zero-order valence-electron chi connectivity index (χ0n) is 16.6. The number of nitrogens with one attached hydrogen (secondary N) is 1. The average Bonchev–Trinajstić information content (AvgIpc) is 2.66. The van der Waals surface area contributed by atoms with Crippen LogP contribution in [0.15, 0.2) is 42.5 Å². The van der Waals surface area contributed by atoms with Crippen molar-refractivity contribution in [2.75, 3.05) is 23.0 Å². The second-order valence-electron chi connectivity index (χ2n) is 6.44. The number of carbonyl (C=O) groups excluding carboxylic acids is 2. The Morgan fingerprint density at radius 2 is 1.86 bits per heavy atom. The number of sulfonamides is 1. The predicted molar refractivity (Wildman–Crippen MR) is 109 cm³/mol. The Labute approximate surface area is 169 Å². The van der Waals surface area contributed by atoms with Gasteiger partial charge in [-0.05, 0) is 43.2 Å². The maximum Gasteiger partial charge on any atom is 0.337 e. The maximum atomic E-state index is 14.3. The first kappa shape index (κ1) is 22.4. The number of aryl methyl sites for hydroxylation is 1. The van der Waals surface area contributed by atoms with E-state index in [1.54, 1.807) is 26.0 Å². The van der Waals surface area contributed by atoms with Crippen molar-refractivity contribution < 1.29 is 27.1 Å². The molecule has 2 aromatic carbocycles. The van der Waals surface area contributed by atoms with E-state index in [9.17, 15) is 22.4 Å². The van der Waals surface area contributed by atoms with E-state index in [1.807, 2.05) is 0 Å². The minimum Gasteiger partial charge on any atom is -0.465 e. The van der Waals surface area contributed by atoms with Crippen LogP contribution in [0.4, 0.5) is 15.8 Å². The molecule has 2 rings (SSSR count). The lowest BCUT2D eigenvalue weighted by Crippen LogP contribution is -2.47. The lowest BCUT2D eigenvalue weighted by atomic mass is 10.1. The molecule has 1 amide bonds. The van der Waals surface area contributed by atoms with Crippen LogP contribution in [-0.2, 0) is 19.6 Å².